The van der Waals surface area contributed by atoms with Crippen molar-refractivity contribution >= 4 is 11.0 Å². The van der Waals surface area contributed by atoms with Crippen LogP contribution in [0.15, 0.2) is 54.6 Å². The van der Waals surface area contributed by atoms with E-state index >= 15 is 0 Å². The molecule has 0 spiro atoms. The predicted molar refractivity (Wildman–Crippen MR) is 80.6 cm³/mol. The second-order valence-electron chi connectivity index (χ2n) is 5.09. The lowest BCUT2D eigenvalue weighted by molar-refractivity contribution is 0.183. The van der Waals surface area contributed by atoms with Crippen molar-refractivity contribution in [2.75, 3.05) is 0 Å². The SMILES string of the molecule is C[C@@H](O)c1nc2ccccc2n1[C@@H](C)c1ccccc1. The molecule has 3 aromatic rings. The van der Waals surface area contributed by atoms with E-state index in [1.165, 1.54) is 5.56 Å². The van der Waals surface area contributed by atoms with Gasteiger partial charge in [0.15, 0.2) is 0 Å². The van der Waals surface area contributed by atoms with Crippen LogP contribution in [0.4, 0.5) is 0 Å². The number of aromatic nitrogens is 2. The molecule has 0 saturated heterocycles. The molecule has 0 saturated carbocycles. The first-order valence-electron chi connectivity index (χ1n) is 6.88. The number of aliphatic hydroxyl groups is 1. The Balaban J connectivity index is 2.21. The minimum Gasteiger partial charge on any atom is -0.385 e. The molecule has 0 unspecified atom stereocenters. The van der Waals surface area contributed by atoms with Crippen molar-refractivity contribution in [2.24, 2.45) is 0 Å². The molecule has 0 bridgehead atoms. The Morgan fingerprint density at radius 2 is 1.60 bits per heavy atom. The topological polar surface area (TPSA) is 38.1 Å². The molecule has 1 N–H and O–H groups in total. The summed E-state index contributed by atoms with van der Waals surface area (Å²) < 4.78 is 2.12. The zero-order valence-electron chi connectivity index (χ0n) is 11.7. The summed E-state index contributed by atoms with van der Waals surface area (Å²) in [6.07, 6.45) is -0.589. The van der Waals surface area contributed by atoms with Gasteiger partial charge in [0.25, 0.3) is 0 Å². The Kier molecular flexibility index (Phi) is 3.28. The Morgan fingerprint density at radius 1 is 0.950 bits per heavy atom. The lowest BCUT2D eigenvalue weighted by Gasteiger charge is -2.19. The van der Waals surface area contributed by atoms with Crippen LogP contribution in [-0.2, 0) is 0 Å². The second kappa shape index (κ2) is 5.10. The van der Waals surface area contributed by atoms with Crippen LogP contribution in [0, 0.1) is 0 Å². The maximum Gasteiger partial charge on any atom is 0.139 e. The summed E-state index contributed by atoms with van der Waals surface area (Å²) in [5.74, 6) is 0.711. The van der Waals surface area contributed by atoms with Crippen LogP contribution < -0.4 is 0 Å². The molecule has 1 aromatic heterocycles. The van der Waals surface area contributed by atoms with Gasteiger partial charge in [0.2, 0.25) is 0 Å². The molecule has 3 nitrogen and oxygen atoms in total. The third-order valence-corrected chi connectivity index (χ3v) is 3.67. The molecule has 20 heavy (non-hydrogen) atoms. The van der Waals surface area contributed by atoms with Crippen molar-refractivity contribution in [1.82, 2.24) is 9.55 Å². The van der Waals surface area contributed by atoms with Crippen LogP contribution in [0.5, 0.6) is 0 Å². The van der Waals surface area contributed by atoms with Crippen molar-refractivity contribution < 1.29 is 5.11 Å². The van der Waals surface area contributed by atoms with Gasteiger partial charge in [0, 0.05) is 0 Å². The third kappa shape index (κ3) is 2.10. The van der Waals surface area contributed by atoms with Gasteiger partial charge in [-0.3, -0.25) is 0 Å². The molecular formula is C17H18N2O. The molecule has 0 amide bonds. The van der Waals surface area contributed by atoms with Gasteiger partial charge in [-0.1, -0.05) is 42.5 Å². The maximum absolute atomic E-state index is 10.0. The largest absolute Gasteiger partial charge is 0.385 e. The summed E-state index contributed by atoms with van der Waals surface area (Å²) in [7, 11) is 0. The fraction of sp³-hybridized carbons (Fsp3) is 0.235. The third-order valence-electron chi connectivity index (χ3n) is 3.67. The van der Waals surface area contributed by atoms with Crippen molar-refractivity contribution in [3.05, 3.63) is 66.0 Å². The van der Waals surface area contributed by atoms with E-state index in [9.17, 15) is 5.11 Å². The lowest BCUT2D eigenvalue weighted by atomic mass is 10.1. The van der Waals surface area contributed by atoms with Gasteiger partial charge >= 0.3 is 0 Å². The fourth-order valence-corrected chi connectivity index (χ4v) is 2.65. The Bertz CT molecular complexity index is 716. The van der Waals surface area contributed by atoms with E-state index in [0.29, 0.717) is 5.82 Å². The van der Waals surface area contributed by atoms with Crippen LogP contribution in [0.3, 0.4) is 0 Å². The van der Waals surface area contributed by atoms with Gasteiger partial charge in [0.05, 0.1) is 17.1 Å². The maximum atomic E-state index is 10.0. The van der Waals surface area contributed by atoms with Gasteiger partial charge in [0.1, 0.15) is 11.9 Å². The molecule has 3 heteroatoms. The molecule has 0 aliphatic rings. The second-order valence-corrected chi connectivity index (χ2v) is 5.09. The molecule has 102 valence electrons. The average Bonchev–Trinajstić information content (AvgIpc) is 2.87. The summed E-state index contributed by atoms with van der Waals surface area (Å²) in [5.41, 5.74) is 3.18. The zero-order valence-corrected chi connectivity index (χ0v) is 11.7. The fourth-order valence-electron chi connectivity index (χ4n) is 2.65. The highest BCUT2D eigenvalue weighted by atomic mass is 16.3. The zero-order chi connectivity index (χ0) is 14.1. The minimum absolute atomic E-state index is 0.133. The quantitative estimate of drug-likeness (QED) is 0.785. The van der Waals surface area contributed by atoms with Gasteiger partial charge in [-0.15, -0.1) is 0 Å². The molecule has 3 rings (SSSR count). The average molecular weight is 266 g/mol. The summed E-state index contributed by atoms with van der Waals surface area (Å²) in [5, 5.41) is 10.0. The number of benzene rings is 2. The summed E-state index contributed by atoms with van der Waals surface area (Å²) in [6, 6.07) is 18.4. The van der Waals surface area contributed by atoms with Crippen molar-refractivity contribution in [2.45, 2.75) is 26.0 Å². The Morgan fingerprint density at radius 3 is 2.30 bits per heavy atom. The number of nitrogens with zero attached hydrogens (tertiary/aromatic N) is 2. The van der Waals surface area contributed by atoms with Crippen molar-refractivity contribution in [3.63, 3.8) is 0 Å². The van der Waals surface area contributed by atoms with Crippen LogP contribution in [0.1, 0.15) is 37.4 Å². The number of fused-ring (bicyclic) bond motifs is 1. The molecule has 0 radical (unpaired) electrons. The van der Waals surface area contributed by atoms with Gasteiger partial charge in [-0.2, -0.15) is 0 Å². The summed E-state index contributed by atoms with van der Waals surface area (Å²) in [4.78, 5) is 4.57. The van der Waals surface area contributed by atoms with E-state index in [2.05, 4.69) is 28.6 Å². The highest BCUT2D eigenvalue weighted by molar-refractivity contribution is 5.76. The Hall–Kier alpha value is -2.13. The standard InChI is InChI=1S/C17H18N2O/c1-12(14-8-4-3-5-9-14)19-16-11-7-6-10-15(16)18-17(19)13(2)20/h3-13,20H,1-2H3/t12-,13+/m0/s1. The van der Waals surface area contributed by atoms with E-state index in [1.54, 1.807) is 6.92 Å². The van der Waals surface area contributed by atoms with Crippen LogP contribution >= 0.6 is 0 Å². The highest BCUT2D eigenvalue weighted by Gasteiger charge is 2.19. The summed E-state index contributed by atoms with van der Waals surface area (Å²) in [6.45, 7) is 3.89. The van der Waals surface area contributed by atoms with Crippen LogP contribution in [0.2, 0.25) is 0 Å². The molecule has 2 aromatic carbocycles. The molecular weight excluding hydrogens is 248 g/mol. The van der Waals surface area contributed by atoms with E-state index in [1.807, 2.05) is 42.5 Å². The van der Waals surface area contributed by atoms with E-state index in [-0.39, 0.29) is 6.04 Å². The lowest BCUT2D eigenvalue weighted by Crippen LogP contribution is -2.12. The first-order valence-corrected chi connectivity index (χ1v) is 6.88. The Labute approximate surface area is 118 Å². The van der Waals surface area contributed by atoms with E-state index < -0.39 is 6.10 Å². The minimum atomic E-state index is -0.589. The van der Waals surface area contributed by atoms with Crippen LogP contribution in [0.25, 0.3) is 11.0 Å². The highest BCUT2D eigenvalue weighted by Crippen LogP contribution is 2.28. The van der Waals surface area contributed by atoms with Crippen LogP contribution in [-0.4, -0.2) is 14.7 Å². The number of imidazole rings is 1. The predicted octanol–water partition coefficient (Wildman–Crippen LogP) is 3.70. The first-order chi connectivity index (χ1) is 9.68. The molecule has 0 aliphatic heterocycles. The number of hydrogen-bond donors (Lipinski definition) is 1. The molecule has 0 fully saturated rings. The van der Waals surface area contributed by atoms with E-state index in [0.717, 1.165) is 11.0 Å². The molecule has 2 atom stereocenters. The smallest absolute Gasteiger partial charge is 0.139 e. The number of para-hydroxylation sites is 2. The van der Waals surface area contributed by atoms with Gasteiger partial charge in [-0.25, -0.2) is 4.98 Å². The van der Waals surface area contributed by atoms with E-state index in [4.69, 9.17) is 0 Å². The summed E-state index contributed by atoms with van der Waals surface area (Å²) >= 11 is 0. The van der Waals surface area contributed by atoms with Crippen molar-refractivity contribution in [1.29, 1.82) is 0 Å². The first kappa shape index (κ1) is 12.9. The van der Waals surface area contributed by atoms with Gasteiger partial charge < -0.3 is 9.67 Å². The molecule has 1 heterocycles. The number of aliphatic hydroxyl groups excluding tert-OH is 1. The monoisotopic (exact) mass is 266 g/mol. The van der Waals surface area contributed by atoms with Gasteiger partial charge in [-0.05, 0) is 31.5 Å². The number of rotatable bonds is 3. The molecule has 0 aliphatic carbocycles. The van der Waals surface area contributed by atoms with Crippen molar-refractivity contribution in [3.8, 4) is 0 Å². The number of hydrogen-bond acceptors (Lipinski definition) is 2. The normalized spacial score (nSPS) is 14.3.